The van der Waals surface area contributed by atoms with Gasteiger partial charge in [0.15, 0.2) is 10.8 Å². The SMILES string of the molecule is c1ccc2sc(-c3ccc(CNc4ccsc4)o3)nc2c1. The van der Waals surface area contributed by atoms with E-state index >= 15 is 0 Å². The molecule has 0 aliphatic carbocycles. The number of nitrogens with zero attached hydrogens (tertiary/aromatic N) is 1. The summed E-state index contributed by atoms with van der Waals surface area (Å²) < 4.78 is 7.07. The van der Waals surface area contributed by atoms with E-state index < -0.39 is 0 Å². The van der Waals surface area contributed by atoms with Crippen molar-refractivity contribution in [2.75, 3.05) is 5.32 Å². The zero-order valence-electron chi connectivity index (χ0n) is 11.1. The number of thiophene rings is 1. The second-order valence-corrected chi connectivity index (χ2v) is 6.43. The molecular weight excluding hydrogens is 300 g/mol. The van der Waals surface area contributed by atoms with Gasteiger partial charge in [-0.15, -0.1) is 11.3 Å². The van der Waals surface area contributed by atoms with Crippen LogP contribution in [-0.2, 0) is 6.54 Å². The van der Waals surface area contributed by atoms with E-state index in [0.29, 0.717) is 6.54 Å². The van der Waals surface area contributed by atoms with Crippen LogP contribution in [-0.4, -0.2) is 4.98 Å². The Hall–Kier alpha value is -2.11. The van der Waals surface area contributed by atoms with Crippen LogP contribution in [0.5, 0.6) is 0 Å². The number of benzene rings is 1. The zero-order chi connectivity index (χ0) is 14.1. The molecule has 0 saturated heterocycles. The number of fused-ring (bicyclic) bond motifs is 1. The molecule has 3 aromatic heterocycles. The third-order valence-corrected chi connectivity index (χ3v) is 4.89. The summed E-state index contributed by atoms with van der Waals surface area (Å²) in [4.78, 5) is 4.61. The summed E-state index contributed by atoms with van der Waals surface area (Å²) in [6.07, 6.45) is 0. The molecule has 1 N–H and O–H groups in total. The lowest BCUT2D eigenvalue weighted by Crippen LogP contribution is -1.95. The molecule has 0 amide bonds. The first-order chi connectivity index (χ1) is 10.4. The van der Waals surface area contributed by atoms with Gasteiger partial charge in [0.05, 0.1) is 16.8 Å². The fourth-order valence-corrected chi connectivity index (χ4v) is 3.66. The van der Waals surface area contributed by atoms with Crippen molar-refractivity contribution in [1.82, 2.24) is 4.98 Å². The van der Waals surface area contributed by atoms with E-state index in [1.165, 1.54) is 4.70 Å². The highest BCUT2D eigenvalue weighted by Crippen LogP contribution is 2.31. The van der Waals surface area contributed by atoms with Gasteiger partial charge in [0, 0.05) is 11.1 Å². The van der Waals surface area contributed by atoms with Crippen LogP contribution < -0.4 is 5.32 Å². The van der Waals surface area contributed by atoms with Gasteiger partial charge in [-0.2, -0.15) is 11.3 Å². The van der Waals surface area contributed by atoms with Gasteiger partial charge in [0.2, 0.25) is 0 Å². The zero-order valence-corrected chi connectivity index (χ0v) is 12.7. The quantitative estimate of drug-likeness (QED) is 0.560. The van der Waals surface area contributed by atoms with E-state index in [0.717, 1.165) is 27.7 Å². The second-order valence-electron chi connectivity index (χ2n) is 4.62. The monoisotopic (exact) mass is 312 g/mol. The molecule has 4 aromatic rings. The number of hydrogen-bond acceptors (Lipinski definition) is 5. The molecule has 3 heterocycles. The van der Waals surface area contributed by atoms with Crippen molar-refractivity contribution in [3.8, 4) is 10.8 Å². The van der Waals surface area contributed by atoms with Gasteiger partial charge in [0.1, 0.15) is 5.76 Å². The van der Waals surface area contributed by atoms with E-state index in [1.54, 1.807) is 22.7 Å². The molecule has 0 spiro atoms. The Kier molecular flexibility index (Phi) is 3.21. The van der Waals surface area contributed by atoms with Crippen molar-refractivity contribution in [3.63, 3.8) is 0 Å². The Bertz CT molecular complexity index is 828. The lowest BCUT2D eigenvalue weighted by Gasteiger charge is -1.99. The maximum atomic E-state index is 5.89. The summed E-state index contributed by atoms with van der Waals surface area (Å²) in [7, 11) is 0. The van der Waals surface area contributed by atoms with Gasteiger partial charge >= 0.3 is 0 Å². The van der Waals surface area contributed by atoms with Crippen molar-refractivity contribution in [3.05, 3.63) is 59.0 Å². The Balaban J connectivity index is 1.56. The maximum Gasteiger partial charge on any atom is 0.163 e. The van der Waals surface area contributed by atoms with Crippen LogP contribution in [0.1, 0.15) is 5.76 Å². The molecule has 0 aliphatic rings. The summed E-state index contributed by atoms with van der Waals surface area (Å²) in [5.41, 5.74) is 2.14. The molecule has 4 rings (SSSR count). The molecule has 0 radical (unpaired) electrons. The molecule has 0 unspecified atom stereocenters. The number of anilines is 1. The van der Waals surface area contributed by atoms with E-state index in [-0.39, 0.29) is 0 Å². The van der Waals surface area contributed by atoms with E-state index in [9.17, 15) is 0 Å². The minimum atomic E-state index is 0.682. The topological polar surface area (TPSA) is 38.1 Å². The molecule has 0 saturated carbocycles. The number of thiazole rings is 1. The van der Waals surface area contributed by atoms with Crippen molar-refractivity contribution in [2.24, 2.45) is 0 Å². The number of hydrogen-bond donors (Lipinski definition) is 1. The fourth-order valence-electron chi connectivity index (χ4n) is 2.12. The lowest BCUT2D eigenvalue weighted by molar-refractivity contribution is 0.531. The highest BCUT2D eigenvalue weighted by atomic mass is 32.1. The number of rotatable bonds is 4. The predicted octanol–water partition coefficient (Wildman–Crippen LogP) is 5.23. The van der Waals surface area contributed by atoms with Crippen molar-refractivity contribution >= 4 is 38.6 Å². The van der Waals surface area contributed by atoms with Crippen molar-refractivity contribution in [1.29, 1.82) is 0 Å². The first-order valence-electron chi connectivity index (χ1n) is 6.59. The lowest BCUT2D eigenvalue weighted by atomic mass is 10.3. The van der Waals surface area contributed by atoms with Gasteiger partial charge in [-0.3, -0.25) is 0 Å². The van der Waals surface area contributed by atoms with Gasteiger partial charge in [-0.25, -0.2) is 4.98 Å². The molecule has 21 heavy (non-hydrogen) atoms. The standard InChI is InChI=1S/C16H12N2OS2/c1-2-4-15-13(3-1)18-16(21-15)14-6-5-12(19-14)9-17-11-7-8-20-10-11/h1-8,10,17H,9H2. The molecule has 104 valence electrons. The van der Waals surface area contributed by atoms with E-state index in [2.05, 4.69) is 33.2 Å². The Labute approximate surface area is 129 Å². The predicted molar refractivity (Wildman–Crippen MR) is 89.0 cm³/mol. The molecule has 1 aromatic carbocycles. The van der Waals surface area contributed by atoms with Crippen LogP contribution in [0.25, 0.3) is 21.0 Å². The fraction of sp³-hybridized carbons (Fsp3) is 0.0625. The van der Waals surface area contributed by atoms with Crippen LogP contribution in [0.15, 0.2) is 57.6 Å². The molecule has 0 atom stereocenters. The highest BCUT2D eigenvalue weighted by Gasteiger charge is 2.10. The highest BCUT2D eigenvalue weighted by molar-refractivity contribution is 7.21. The summed E-state index contributed by atoms with van der Waals surface area (Å²) >= 11 is 3.33. The van der Waals surface area contributed by atoms with Crippen LogP contribution in [0.2, 0.25) is 0 Å². The molecule has 0 fully saturated rings. The van der Waals surface area contributed by atoms with Gasteiger partial charge in [-0.1, -0.05) is 12.1 Å². The number of furan rings is 1. The number of para-hydroxylation sites is 1. The van der Waals surface area contributed by atoms with E-state index in [4.69, 9.17) is 4.42 Å². The van der Waals surface area contributed by atoms with Gasteiger partial charge in [0.25, 0.3) is 0 Å². The minimum absolute atomic E-state index is 0.682. The second kappa shape index (κ2) is 5.35. The number of aromatic nitrogens is 1. The largest absolute Gasteiger partial charge is 0.457 e. The minimum Gasteiger partial charge on any atom is -0.457 e. The summed E-state index contributed by atoms with van der Waals surface area (Å²) in [6, 6.07) is 14.2. The Morgan fingerprint density at radius 1 is 1.10 bits per heavy atom. The molecular formula is C16H12N2OS2. The third kappa shape index (κ3) is 2.57. The maximum absolute atomic E-state index is 5.89. The molecule has 3 nitrogen and oxygen atoms in total. The van der Waals surface area contributed by atoms with Crippen molar-refractivity contribution < 1.29 is 4.42 Å². The molecule has 0 bridgehead atoms. The summed E-state index contributed by atoms with van der Waals surface area (Å²) in [5, 5.41) is 8.39. The first-order valence-corrected chi connectivity index (χ1v) is 8.35. The van der Waals surface area contributed by atoms with Crippen LogP contribution in [0.4, 0.5) is 5.69 Å². The molecule has 0 aliphatic heterocycles. The average Bonchev–Trinajstić information content (AvgIpc) is 3.24. The Morgan fingerprint density at radius 3 is 2.90 bits per heavy atom. The summed E-state index contributed by atoms with van der Waals surface area (Å²) in [5.74, 6) is 1.74. The van der Waals surface area contributed by atoms with Gasteiger partial charge in [-0.05, 0) is 35.7 Å². The normalized spacial score (nSPS) is 11.0. The number of nitrogens with one attached hydrogen (secondary N) is 1. The summed E-state index contributed by atoms with van der Waals surface area (Å²) in [6.45, 7) is 0.682. The van der Waals surface area contributed by atoms with Crippen LogP contribution in [0, 0.1) is 0 Å². The van der Waals surface area contributed by atoms with Crippen molar-refractivity contribution in [2.45, 2.75) is 6.54 Å². The first kappa shape index (κ1) is 12.6. The molecule has 5 heteroatoms. The Morgan fingerprint density at radius 2 is 2.05 bits per heavy atom. The smallest absolute Gasteiger partial charge is 0.163 e. The van der Waals surface area contributed by atoms with Gasteiger partial charge < -0.3 is 9.73 Å². The average molecular weight is 312 g/mol. The van der Waals surface area contributed by atoms with Crippen LogP contribution >= 0.6 is 22.7 Å². The third-order valence-electron chi connectivity index (χ3n) is 3.15. The van der Waals surface area contributed by atoms with E-state index in [1.807, 2.05) is 30.3 Å². The van der Waals surface area contributed by atoms with Crippen LogP contribution in [0.3, 0.4) is 0 Å².